The van der Waals surface area contributed by atoms with Crippen LogP contribution in [-0.4, -0.2) is 12.3 Å². The Morgan fingerprint density at radius 1 is 1.11 bits per heavy atom. The van der Waals surface area contributed by atoms with Crippen LogP contribution in [-0.2, 0) is 4.79 Å². The first-order chi connectivity index (χ1) is 13.4. The second-order valence-corrected chi connectivity index (χ2v) is 6.65. The summed E-state index contributed by atoms with van der Waals surface area (Å²) in [6.07, 6.45) is 7.62. The van der Waals surface area contributed by atoms with E-state index in [0.717, 1.165) is 50.7 Å². The number of nitrogens with zero attached hydrogens (tertiary/aromatic N) is 1. The van der Waals surface area contributed by atoms with Crippen molar-refractivity contribution in [3.63, 3.8) is 0 Å². The summed E-state index contributed by atoms with van der Waals surface area (Å²) in [7, 11) is 0. The first-order valence-corrected chi connectivity index (χ1v) is 9.16. The smallest absolute Gasteiger partial charge is 0.426 e. The number of carbonyl (C=O) groups is 1. The predicted molar refractivity (Wildman–Crippen MR) is 97.3 cm³/mol. The molecule has 0 unspecified atom stereocenters. The van der Waals surface area contributed by atoms with Gasteiger partial charge in [-0.25, -0.2) is 0 Å². The zero-order valence-electron chi connectivity index (χ0n) is 15.3. The highest BCUT2D eigenvalue weighted by molar-refractivity contribution is 5.75. The lowest BCUT2D eigenvalue weighted by Gasteiger charge is -2.26. The highest BCUT2D eigenvalue weighted by Crippen LogP contribution is 2.33. The molecule has 0 saturated heterocycles. The van der Waals surface area contributed by atoms with Gasteiger partial charge in [-0.3, -0.25) is 4.79 Å². The van der Waals surface area contributed by atoms with Gasteiger partial charge in [0.15, 0.2) is 0 Å². The Labute approximate surface area is 162 Å². The van der Waals surface area contributed by atoms with E-state index in [4.69, 9.17) is 10.00 Å². The van der Waals surface area contributed by atoms with E-state index in [9.17, 15) is 18.0 Å². The van der Waals surface area contributed by atoms with Crippen molar-refractivity contribution in [3.8, 4) is 17.6 Å². The lowest BCUT2D eigenvalue weighted by atomic mass is 9.80. The first kappa shape index (κ1) is 21.5. The Bertz CT molecular complexity index is 725. The number of allylic oxidation sites excluding steroid dienone is 4. The molecule has 1 aliphatic rings. The molecule has 0 amide bonds. The van der Waals surface area contributed by atoms with Crippen LogP contribution in [0.2, 0.25) is 0 Å². The van der Waals surface area contributed by atoms with Crippen LogP contribution >= 0.6 is 0 Å². The molecule has 28 heavy (non-hydrogen) atoms. The minimum absolute atomic E-state index is 0.184. The van der Waals surface area contributed by atoms with E-state index in [2.05, 4.69) is 4.74 Å². The molecular weight excluding hydrogens is 371 g/mol. The van der Waals surface area contributed by atoms with E-state index < -0.39 is 6.36 Å². The molecule has 0 N–H and O–H groups in total. The third-order valence-corrected chi connectivity index (χ3v) is 4.62. The van der Waals surface area contributed by atoms with Crippen LogP contribution in [0.25, 0.3) is 0 Å². The van der Waals surface area contributed by atoms with Crippen molar-refractivity contribution in [2.75, 3.05) is 0 Å². The van der Waals surface area contributed by atoms with E-state index >= 15 is 0 Å². The zero-order chi connectivity index (χ0) is 20.4. The highest BCUT2D eigenvalue weighted by Gasteiger charge is 2.31. The van der Waals surface area contributed by atoms with Gasteiger partial charge in [0.25, 0.3) is 0 Å². The number of hydrogen-bond acceptors (Lipinski definition) is 4. The summed E-state index contributed by atoms with van der Waals surface area (Å²) in [5, 5.41) is 8.39. The van der Waals surface area contributed by atoms with Gasteiger partial charge in [-0.05, 0) is 68.7 Å². The lowest BCUT2D eigenvalue weighted by molar-refractivity contribution is -0.274. The number of benzene rings is 1. The van der Waals surface area contributed by atoms with Crippen LogP contribution in [0.1, 0.15) is 38.5 Å². The summed E-state index contributed by atoms with van der Waals surface area (Å²) in [5.74, 6) is -0.115. The zero-order valence-corrected chi connectivity index (χ0v) is 15.3. The van der Waals surface area contributed by atoms with Crippen LogP contribution in [0.15, 0.2) is 48.6 Å². The summed E-state index contributed by atoms with van der Waals surface area (Å²) in [5.41, 5.74) is 0. The van der Waals surface area contributed by atoms with Gasteiger partial charge in [-0.2, -0.15) is 5.26 Å². The molecule has 0 aromatic heterocycles. The number of rotatable bonds is 7. The maximum atomic E-state index is 12.3. The van der Waals surface area contributed by atoms with Crippen LogP contribution < -0.4 is 9.47 Å². The van der Waals surface area contributed by atoms with Gasteiger partial charge in [0, 0.05) is 6.08 Å². The average molecular weight is 393 g/mol. The van der Waals surface area contributed by atoms with E-state index in [0.29, 0.717) is 5.92 Å². The summed E-state index contributed by atoms with van der Waals surface area (Å²) in [6.45, 7) is 0. The van der Waals surface area contributed by atoms with Crippen molar-refractivity contribution < 1.29 is 27.4 Å². The fourth-order valence-corrected chi connectivity index (χ4v) is 3.20. The molecule has 1 aromatic rings. The van der Waals surface area contributed by atoms with Gasteiger partial charge < -0.3 is 9.47 Å². The molecule has 150 valence electrons. The molecule has 0 heterocycles. The van der Waals surface area contributed by atoms with Crippen molar-refractivity contribution in [1.82, 2.24) is 0 Å². The number of alkyl halides is 3. The largest absolute Gasteiger partial charge is 0.573 e. The lowest BCUT2D eigenvalue weighted by Crippen LogP contribution is -2.25. The maximum absolute atomic E-state index is 12.3. The minimum atomic E-state index is -4.75. The predicted octanol–water partition coefficient (Wildman–Crippen LogP) is 5.71. The van der Waals surface area contributed by atoms with Gasteiger partial charge in [-0.1, -0.05) is 18.2 Å². The fraction of sp³-hybridized carbons (Fsp3) is 0.429. The Balaban J connectivity index is 1.72. The minimum Gasteiger partial charge on any atom is -0.426 e. The number of esters is 1. The van der Waals surface area contributed by atoms with Gasteiger partial charge in [0.05, 0.1) is 12.0 Å². The van der Waals surface area contributed by atoms with E-state index in [1.807, 2.05) is 18.2 Å². The van der Waals surface area contributed by atoms with Crippen molar-refractivity contribution in [2.45, 2.75) is 44.9 Å². The molecule has 0 aliphatic heterocycles. The average Bonchev–Trinajstić information content (AvgIpc) is 2.65. The Morgan fingerprint density at radius 3 is 2.36 bits per heavy atom. The molecule has 2 rings (SSSR count). The molecule has 1 aromatic carbocycles. The number of hydrogen-bond donors (Lipinski definition) is 0. The molecule has 0 bridgehead atoms. The summed E-state index contributed by atoms with van der Waals surface area (Å²) < 4.78 is 45.5. The van der Waals surface area contributed by atoms with Gasteiger partial charge in [-0.15, -0.1) is 13.2 Å². The highest BCUT2D eigenvalue weighted by atomic mass is 19.4. The molecule has 0 spiro atoms. The SMILES string of the molecule is N#CC=CC=CCCC1CCC(C(=O)Oc2ccc(OC(F)(F)F)cc2)CC1. The molecule has 7 heteroatoms. The monoisotopic (exact) mass is 393 g/mol. The van der Waals surface area contributed by atoms with Crippen molar-refractivity contribution in [1.29, 1.82) is 5.26 Å². The van der Waals surface area contributed by atoms with Gasteiger partial charge in [0.1, 0.15) is 11.5 Å². The van der Waals surface area contributed by atoms with Crippen LogP contribution in [0.4, 0.5) is 13.2 Å². The summed E-state index contributed by atoms with van der Waals surface area (Å²) >= 11 is 0. The van der Waals surface area contributed by atoms with Crippen LogP contribution in [0, 0.1) is 23.2 Å². The first-order valence-electron chi connectivity index (χ1n) is 9.16. The van der Waals surface area contributed by atoms with Crippen LogP contribution in [0.5, 0.6) is 11.5 Å². The van der Waals surface area contributed by atoms with E-state index in [1.165, 1.54) is 18.2 Å². The Kier molecular flexibility index (Phi) is 8.12. The van der Waals surface area contributed by atoms with Crippen molar-refractivity contribution in [2.24, 2.45) is 11.8 Å². The summed E-state index contributed by atoms with van der Waals surface area (Å²) in [4.78, 5) is 12.3. The topological polar surface area (TPSA) is 59.3 Å². The quantitative estimate of drug-likeness (QED) is 0.258. The maximum Gasteiger partial charge on any atom is 0.573 e. The van der Waals surface area contributed by atoms with E-state index in [1.54, 1.807) is 6.08 Å². The van der Waals surface area contributed by atoms with E-state index in [-0.39, 0.29) is 23.4 Å². The number of carbonyl (C=O) groups excluding carboxylic acids is 1. The molecular formula is C21H22F3NO3. The Morgan fingerprint density at radius 2 is 1.75 bits per heavy atom. The molecule has 0 radical (unpaired) electrons. The molecule has 1 saturated carbocycles. The second-order valence-electron chi connectivity index (χ2n) is 6.65. The third-order valence-electron chi connectivity index (χ3n) is 4.62. The normalized spacial score (nSPS) is 20.2. The number of nitriles is 1. The van der Waals surface area contributed by atoms with Gasteiger partial charge in [0.2, 0.25) is 0 Å². The third kappa shape index (κ3) is 7.87. The fourth-order valence-electron chi connectivity index (χ4n) is 3.20. The number of ether oxygens (including phenoxy) is 2. The van der Waals surface area contributed by atoms with Crippen LogP contribution in [0.3, 0.4) is 0 Å². The molecule has 4 nitrogen and oxygen atoms in total. The standard InChI is InChI=1S/C21H22F3NO3/c22-21(23,24)28-19-13-11-18(12-14-19)27-20(26)17-9-7-16(8-10-17)6-4-2-1-3-5-15-25/h1-3,5,11-14,16-17H,4,6-10H2. The summed E-state index contributed by atoms with van der Waals surface area (Å²) in [6, 6.07) is 6.74. The molecule has 1 aliphatic carbocycles. The number of halogens is 3. The van der Waals surface area contributed by atoms with Gasteiger partial charge >= 0.3 is 12.3 Å². The van der Waals surface area contributed by atoms with Crippen molar-refractivity contribution >= 4 is 5.97 Å². The molecule has 1 fully saturated rings. The van der Waals surface area contributed by atoms with Crippen molar-refractivity contribution in [3.05, 3.63) is 48.6 Å². The molecule has 0 atom stereocenters. The Hall–Kier alpha value is -2.75. The second kappa shape index (κ2) is 10.5.